The number of hydrogen-bond acceptors (Lipinski definition) is 4. The summed E-state index contributed by atoms with van der Waals surface area (Å²) in [5.41, 5.74) is 2.57. The van der Waals surface area contributed by atoms with Gasteiger partial charge in [-0.15, -0.1) is 0 Å². The number of anilines is 3. The molecule has 0 atom stereocenters. The highest BCUT2D eigenvalue weighted by molar-refractivity contribution is 6.30. The number of fused-ring (bicyclic) bond motifs is 2. The Kier molecular flexibility index (Phi) is 4.47. The third-order valence-corrected chi connectivity index (χ3v) is 5.68. The van der Waals surface area contributed by atoms with Gasteiger partial charge in [0.25, 0.3) is 5.56 Å². The van der Waals surface area contributed by atoms with Crippen molar-refractivity contribution in [1.29, 1.82) is 0 Å². The van der Waals surface area contributed by atoms with Crippen molar-refractivity contribution in [3.05, 3.63) is 70.0 Å². The number of nitrogens with one attached hydrogen (secondary N) is 2. The van der Waals surface area contributed by atoms with Gasteiger partial charge in [-0.3, -0.25) is 9.36 Å². The molecule has 0 radical (unpaired) electrons. The highest BCUT2D eigenvalue weighted by Gasteiger charge is 2.23. The summed E-state index contributed by atoms with van der Waals surface area (Å²) in [4.78, 5) is 22.7. The van der Waals surface area contributed by atoms with Crippen LogP contribution in [-0.2, 0) is 6.54 Å². The first-order valence-electron chi connectivity index (χ1n) is 9.66. The van der Waals surface area contributed by atoms with Crippen LogP contribution in [0.25, 0.3) is 22.2 Å². The average molecular weight is 424 g/mol. The summed E-state index contributed by atoms with van der Waals surface area (Å²) in [6.45, 7) is 1.40. The smallest absolute Gasteiger partial charge is 0.260 e. The van der Waals surface area contributed by atoms with Gasteiger partial charge in [0.05, 0.1) is 16.9 Å². The summed E-state index contributed by atoms with van der Waals surface area (Å²) in [5, 5.41) is 4.75. The molecule has 0 bridgehead atoms. The average Bonchev–Trinajstić information content (AvgIpc) is 3.22. The molecule has 0 fully saturated rings. The van der Waals surface area contributed by atoms with Crippen molar-refractivity contribution in [2.75, 3.05) is 23.8 Å². The number of nitrogens with zero attached hydrogens (tertiary/aromatic N) is 3. The summed E-state index contributed by atoms with van der Waals surface area (Å²) < 4.78 is 16.3. The van der Waals surface area contributed by atoms with E-state index in [2.05, 4.69) is 15.3 Å². The molecule has 0 spiro atoms. The Morgan fingerprint density at radius 3 is 2.87 bits per heavy atom. The Bertz CT molecular complexity index is 1330. The Hall–Kier alpha value is -3.32. The zero-order valence-corrected chi connectivity index (χ0v) is 17.0. The molecule has 1 aromatic carbocycles. The lowest BCUT2D eigenvalue weighted by Gasteiger charge is -2.31. The number of rotatable bonds is 3. The number of aromatic amines is 1. The van der Waals surface area contributed by atoms with Crippen LogP contribution in [0.5, 0.6) is 0 Å². The van der Waals surface area contributed by atoms with Crippen molar-refractivity contribution in [2.24, 2.45) is 0 Å². The van der Waals surface area contributed by atoms with Gasteiger partial charge < -0.3 is 15.2 Å². The van der Waals surface area contributed by atoms with Gasteiger partial charge in [0, 0.05) is 48.5 Å². The summed E-state index contributed by atoms with van der Waals surface area (Å²) in [7, 11) is 1.95. The molecular weight excluding hydrogens is 405 g/mol. The van der Waals surface area contributed by atoms with Gasteiger partial charge >= 0.3 is 0 Å². The fourth-order valence-electron chi connectivity index (χ4n) is 4.05. The van der Waals surface area contributed by atoms with Gasteiger partial charge in [-0.2, -0.15) is 0 Å². The van der Waals surface area contributed by atoms with Crippen molar-refractivity contribution in [2.45, 2.75) is 13.0 Å². The van der Waals surface area contributed by atoms with Gasteiger partial charge in [0.2, 0.25) is 0 Å². The second-order valence-electron chi connectivity index (χ2n) is 7.37. The summed E-state index contributed by atoms with van der Waals surface area (Å²) in [6, 6.07) is 9.78. The van der Waals surface area contributed by atoms with E-state index in [1.165, 1.54) is 18.2 Å². The first kappa shape index (κ1) is 18.7. The lowest BCUT2D eigenvalue weighted by atomic mass is 10.0. The molecule has 3 aromatic heterocycles. The molecule has 0 amide bonds. The van der Waals surface area contributed by atoms with Crippen LogP contribution in [0, 0.1) is 5.82 Å². The maximum Gasteiger partial charge on any atom is 0.260 e. The van der Waals surface area contributed by atoms with E-state index in [1.54, 1.807) is 16.8 Å². The van der Waals surface area contributed by atoms with Crippen LogP contribution in [0.15, 0.2) is 53.6 Å². The maximum absolute atomic E-state index is 14.6. The van der Waals surface area contributed by atoms with Crippen molar-refractivity contribution in [3.63, 3.8) is 0 Å². The van der Waals surface area contributed by atoms with E-state index in [9.17, 15) is 9.18 Å². The lowest BCUT2D eigenvalue weighted by molar-refractivity contribution is 0.567. The molecule has 2 N–H and O–H groups in total. The van der Waals surface area contributed by atoms with E-state index in [0.29, 0.717) is 11.6 Å². The molecule has 4 heterocycles. The van der Waals surface area contributed by atoms with Crippen molar-refractivity contribution < 1.29 is 4.39 Å². The van der Waals surface area contributed by atoms with Gasteiger partial charge in [-0.05, 0) is 42.8 Å². The van der Waals surface area contributed by atoms with E-state index in [-0.39, 0.29) is 16.7 Å². The molecule has 0 saturated heterocycles. The summed E-state index contributed by atoms with van der Waals surface area (Å²) in [5.74, 6) is 0.294. The van der Waals surface area contributed by atoms with E-state index >= 15 is 0 Å². The predicted octanol–water partition coefficient (Wildman–Crippen LogP) is 4.77. The van der Waals surface area contributed by atoms with Gasteiger partial charge in [-0.25, -0.2) is 9.37 Å². The molecule has 0 saturated carbocycles. The molecule has 152 valence electrons. The van der Waals surface area contributed by atoms with E-state index in [4.69, 9.17) is 11.6 Å². The number of halogens is 2. The fourth-order valence-corrected chi connectivity index (χ4v) is 4.22. The molecule has 0 aliphatic carbocycles. The largest absolute Gasteiger partial charge is 0.359 e. The molecule has 8 heteroatoms. The predicted molar refractivity (Wildman–Crippen MR) is 118 cm³/mol. The molecule has 5 rings (SSSR count). The van der Waals surface area contributed by atoms with Crippen molar-refractivity contribution >= 4 is 39.8 Å². The van der Waals surface area contributed by atoms with Crippen LogP contribution in [0.4, 0.5) is 21.6 Å². The first-order valence-corrected chi connectivity index (χ1v) is 10.0. The molecule has 1 aliphatic rings. The monoisotopic (exact) mass is 423 g/mol. The first-order chi connectivity index (χ1) is 14.5. The highest BCUT2D eigenvalue weighted by atomic mass is 35.5. The minimum Gasteiger partial charge on any atom is -0.359 e. The molecule has 0 unspecified atom stereocenters. The van der Waals surface area contributed by atoms with Gasteiger partial charge in [0.15, 0.2) is 0 Å². The normalized spacial score (nSPS) is 13.5. The minimum atomic E-state index is -0.482. The Morgan fingerprint density at radius 2 is 2.00 bits per heavy atom. The van der Waals surface area contributed by atoms with Crippen LogP contribution in [0.2, 0.25) is 5.02 Å². The van der Waals surface area contributed by atoms with Crippen LogP contribution >= 0.6 is 11.6 Å². The molecular formula is C22H19ClFN5O. The van der Waals surface area contributed by atoms with Gasteiger partial charge in [-0.1, -0.05) is 11.6 Å². The molecule has 4 aromatic rings. The van der Waals surface area contributed by atoms with Gasteiger partial charge in [0.1, 0.15) is 17.3 Å². The zero-order valence-electron chi connectivity index (χ0n) is 16.2. The van der Waals surface area contributed by atoms with Crippen molar-refractivity contribution in [3.8, 4) is 11.1 Å². The number of pyridine rings is 2. The standard InChI is InChI=1S/C22H19ClFN5O/c1-28-9-2-10-29-21(28)19(27-18-6-8-26-20-14(18)5-7-25-20)12-16(22(29)30)15-11-13(23)3-4-17(15)24/h3-8,11-12H,2,9-10H2,1H3,(H2,25,26,27). The summed E-state index contributed by atoms with van der Waals surface area (Å²) in [6.07, 6.45) is 4.37. The van der Waals surface area contributed by atoms with Crippen LogP contribution < -0.4 is 15.8 Å². The lowest BCUT2D eigenvalue weighted by Crippen LogP contribution is -2.36. The topological polar surface area (TPSA) is 66.0 Å². The van der Waals surface area contributed by atoms with E-state index in [0.717, 1.165) is 41.2 Å². The minimum absolute atomic E-state index is 0.195. The summed E-state index contributed by atoms with van der Waals surface area (Å²) >= 11 is 6.10. The van der Waals surface area contributed by atoms with Crippen LogP contribution in [0.3, 0.4) is 0 Å². The molecule has 1 aliphatic heterocycles. The quantitative estimate of drug-likeness (QED) is 0.498. The van der Waals surface area contributed by atoms with Crippen LogP contribution in [0.1, 0.15) is 6.42 Å². The number of aromatic nitrogens is 3. The highest BCUT2D eigenvalue weighted by Crippen LogP contribution is 2.35. The van der Waals surface area contributed by atoms with E-state index in [1.807, 2.05) is 30.3 Å². The molecule has 30 heavy (non-hydrogen) atoms. The van der Waals surface area contributed by atoms with Crippen molar-refractivity contribution in [1.82, 2.24) is 14.5 Å². The number of hydrogen-bond donors (Lipinski definition) is 2. The van der Waals surface area contributed by atoms with E-state index < -0.39 is 5.82 Å². The second kappa shape index (κ2) is 7.18. The SMILES string of the molecule is CN1CCCn2c1c(Nc1ccnc3[nH]ccc13)cc(-c1cc(Cl)ccc1F)c2=O. The fraction of sp³-hybridized carbons (Fsp3) is 0.182. The Morgan fingerprint density at radius 1 is 1.13 bits per heavy atom. The van der Waals surface area contributed by atoms with Crippen LogP contribution in [-0.4, -0.2) is 28.1 Å². The third-order valence-electron chi connectivity index (χ3n) is 5.45. The second-order valence-corrected chi connectivity index (χ2v) is 7.81. The zero-order chi connectivity index (χ0) is 20.8. The maximum atomic E-state index is 14.6. The Balaban J connectivity index is 1.74. The number of H-pyrrole nitrogens is 1. The third kappa shape index (κ3) is 3.02. The molecule has 6 nitrogen and oxygen atoms in total. The number of benzene rings is 1. The Labute approximate surface area is 176 Å².